The van der Waals surface area contributed by atoms with Crippen LogP contribution in [0.5, 0.6) is 0 Å². The summed E-state index contributed by atoms with van der Waals surface area (Å²) < 4.78 is 10.3. The zero-order valence-electron chi connectivity index (χ0n) is 17.7. The number of unbranched alkanes of at least 4 members (excludes halogenated alkanes) is 1. The number of hydrogen-bond acceptors (Lipinski definition) is 7. The van der Waals surface area contributed by atoms with Crippen LogP contribution in [0.1, 0.15) is 30.4 Å². The molecule has 9 nitrogen and oxygen atoms in total. The average Bonchev–Trinajstić information content (AvgIpc) is 2.77. The Morgan fingerprint density at radius 2 is 1.91 bits per heavy atom. The average molecular weight is 439 g/mol. The Hall–Kier alpha value is -3.88. The summed E-state index contributed by atoms with van der Waals surface area (Å²) in [6.45, 7) is 2.31. The lowest BCUT2D eigenvalue weighted by Crippen LogP contribution is -2.30. The minimum Gasteiger partial charge on any atom is -0.480 e. The Labute approximate surface area is 184 Å². The maximum atomic E-state index is 12.2. The number of aliphatic carboxylic acids is 1. The third kappa shape index (κ3) is 6.31. The number of nitrogens with zero attached hydrogens (tertiary/aromatic N) is 1. The lowest BCUT2D eigenvalue weighted by Gasteiger charge is -2.14. The topological polar surface area (TPSA) is 131 Å². The van der Waals surface area contributed by atoms with Crippen molar-refractivity contribution in [2.75, 3.05) is 11.9 Å². The van der Waals surface area contributed by atoms with Gasteiger partial charge in [0, 0.05) is 6.54 Å². The van der Waals surface area contributed by atoms with E-state index in [-0.39, 0.29) is 19.0 Å². The van der Waals surface area contributed by atoms with Crippen molar-refractivity contribution in [1.82, 2.24) is 10.3 Å². The zero-order valence-corrected chi connectivity index (χ0v) is 17.7. The van der Waals surface area contributed by atoms with Crippen LogP contribution >= 0.6 is 0 Å². The van der Waals surface area contributed by atoms with Crippen molar-refractivity contribution in [2.45, 2.75) is 38.8 Å². The van der Waals surface area contributed by atoms with E-state index in [2.05, 4.69) is 15.6 Å². The highest BCUT2D eigenvalue weighted by Crippen LogP contribution is 2.16. The van der Waals surface area contributed by atoms with E-state index in [1.807, 2.05) is 30.3 Å². The number of hydrogen-bond donors (Lipinski definition) is 3. The van der Waals surface area contributed by atoms with E-state index in [0.29, 0.717) is 30.3 Å². The standard InChI is InChI=1S/C23H25N3O6/c1-15-8-7-12-17-19(15)21(29)32-22(25-17)26-18(20(27)28)11-5-6-13-24-23(30)31-14-16-9-3-2-4-10-16/h2-4,7-10,12,18H,5-6,11,13-14H2,1H3,(H,24,30)(H,25,26)(H,27,28)/t18-/m0/s1. The summed E-state index contributed by atoms with van der Waals surface area (Å²) in [4.78, 5) is 39.8. The number of carboxylic acids is 1. The van der Waals surface area contributed by atoms with E-state index in [0.717, 1.165) is 11.1 Å². The number of aryl methyl sites for hydroxylation is 1. The van der Waals surface area contributed by atoms with Crippen molar-refractivity contribution >= 4 is 29.0 Å². The molecule has 3 aromatic rings. The molecule has 1 heterocycles. The van der Waals surface area contributed by atoms with E-state index in [4.69, 9.17) is 9.15 Å². The first kappa shape index (κ1) is 22.8. The predicted molar refractivity (Wildman–Crippen MR) is 119 cm³/mol. The molecule has 0 saturated heterocycles. The van der Waals surface area contributed by atoms with Crippen LogP contribution < -0.4 is 16.3 Å². The Balaban J connectivity index is 1.45. The van der Waals surface area contributed by atoms with Crippen molar-refractivity contribution < 1.29 is 23.8 Å². The molecular formula is C23H25N3O6. The van der Waals surface area contributed by atoms with Crippen LogP contribution in [0.4, 0.5) is 10.8 Å². The quantitative estimate of drug-likeness (QED) is 0.409. The molecule has 3 N–H and O–H groups in total. The second kappa shape index (κ2) is 10.9. The van der Waals surface area contributed by atoms with Gasteiger partial charge in [0.2, 0.25) is 0 Å². The SMILES string of the molecule is Cc1cccc2nc(N[C@@H](CCCCNC(=O)OCc3ccccc3)C(=O)O)oc(=O)c12. The van der Waals surface area contributed by atoms with Gasteiger partial charge in [0.05, 0.1) is 10.9 Å². The summed E-state index contributed by atoms with van der Waals surface area (Å²) in [5, 5.41) is 15.2. The van der Waals surface area contributed by atoms with Crippen LogP contribution in [0.3, 0.4) is 0 Å². The highest BCUT2D eigenvalue weighted by Gasteiger charge is 2.19. The first-order valence-electron chi connectivity index (χ1n) is 10.3. The maximum Gasteiger partial charge on any atom is 0.407 e. The number of anilines is 1. The minimum atomic E-state index is -1.09. The van der Waals surface area contributed by atoms with Crippen LogP contribution in [0.15, 0.2) is 57.7 Å². The Morgan fingerprint density at radius 1 is 1.12 bits per heavy atom. The number of carbonyl (C=O) groups excluding carboxylic acids is 1. The predicted octanol–water partition coefficient (Wildman–Crippen LogP) is 3.46. The van der Waals surface area contributed by atoms with Crippen LogP contribution in [-0.2, 0) is 16.1 Å². The number of rotatable bonds is 10. The monoisotopic (exact) mass is 439 g/mol. The molecule has 2 aromatic carbocycles. The number of aromatic nitrogens is 1. The molecule has 168 valence electrons. The van der Waals surface area contributed by atoms with Crippen LogP contribution in [0.2, 0.25) is 0 Å². The summed E-state index contributed by atoms with van der Waals surface area (Å²) in [7, 11) is 0. The molecule has 9 heteroatoms. The third-order valence-corrected chi connectivity index (χ3v) is 4.86. The number of nitrogens with one attached hydrogen (secondary N) is 2. The van der Waals surface area contributed by atoms with Gasteiger partial charge >= 0.3 is 17.7 Å². The van der Waals surface area contributed by atoms with Crippen LogP contribution in [0.25, 0.3) is 10.9 Å². The highest BCUT2D eigenvalue weighted by molar-refractivity contribution is 5.82. The second-order valence-corrected chi connectivity index (χ2v) is 7.29. The van der Waals surface area contributed by atoms with Crippen molar-refractivity contribution in [2.24, 2.45) is 0 Å². The summed E-state index contributed by atoms with van der Waals surface area (Å²) >= 11 is 0. The summed E-state index contributed by atoms with van der Waals surface area (Å²) in [6, 6.07) is 13.4. The van der Waals surface area contributed by atoms with Gasteiger partial charge in [-0.15, -0.1) is 0 Å². The third-order valence-electron chi connectivity index (χ3n) is 4.86. The van der Waals surface area contributed by atoms with Crippen LogP contribution in [0, 0.1) is 6.92 Å². The first-order chi connectivity index (χ1) is 15.4. The van der Waals surface area contributed by atoms with Gasteiger partial charge < -0.3 is 24.9 Å². The summed E-state index contributed by atoms with van der Waals surface area (Å²) in [6.07, 6.45) is 0.798. The van der Waals surface area contributed by atoms with Gasteiger partial charge in [-0.05, 0) is 43.4 Å². The first-order valence-corrected chi connectivity index (χ1v) is 10.3. The molecule has 1 amide bonds. The van der Waals surface area contributed by atoms with E-state index >= 15 is 0 Å². The van der Waals surface area contributed by atoms with E-state index in [1.54, 1.807) is 25.1 Å². The summed E-state index contributed by atoms with van der Waals surface area (Å²) in [5.74, 6) is -1.09. The molecule has 0 saturated carbocycles. The number of ether oxygens (including phenoxy) is 1. The number of carbonyl (C=O) groups is 2. The van der Waals surface area contributed by atoms with Gasteiger partial charge in [0.1, 0.15) is 12.6 Å². The molecular weight excluding hydrogens is 414 g/mol. The van der Waals surface area contributed by atoms with Gasteiger partial charge in [-0.3, -0.25) is 0 Å². The molecule has 3 rings (SSSR count). The van der Waals surface area contributed by atoms with Crippen molar-refractivity contribution in [3.63, 3.8) is 0 Å². The fourth-order valence-electron chi connectivity index (χ4n) is 3.19. The Bertz CT molecular complexity index is 1130. The molecule has 0 bridgehead atoms. The largest absolute Gasteiger partial charge is 0.480 e. The van der Waals surface area contributed by atoms with Gasteiger partial charge in [-0.2, -0.15) is 4.98 Å². The second-order valence-electron chi connectivity index (χ2n) is 7.29. The van der Waals surface area contributed by atoms with Gasteiger partial charge in [-0.25, -0.2) is 14.4 Å². The fourth-order valence-corrected chi connectivity index (χ4v) is 3.19. The number of amides is 1. The minimum absolute atomic E-state index is 0.136. The van der Waals surface area contributed by atoms with Gasteiger partial charge in [0.25, 0.3) is 6.01 Å². The number of benzene rings is 2. The summed E-state index contributed by atoms with van der Waals surface area (Å²) in [5.41, 5.74) is 1.49. The van der Waals surface area contributed by atoms with Crippen molar-refractivity contribution in [1.29, 1.82) is 0 Å². The molecule has 1 aromatic heterocycles. The van der Waals surface area contributed by atoms with Gasteiger partial charge in [0.15, 0.2) is 0 Å². The molecule has 32 heavy (non-hydrogen) atoms. The molecule has 0 aliphatic rings. The molecule has 0 unspecified atom stereocenters. The highest BCUT2D eigenvalue weighted by atomic mass is 16.5. The van der Waals surface area contributed by atoms with Crippen molar-refractivity contribution in [3.05, 3.63) is 70.1 Å². The van der Waals surface area contributed by atoms with Crippen molar-refractivity contribution in [3.8, 4) is 0 Å². The molecule has 0 aliphatic carbocycles. The molecule has 0 fully saturated rings. The fraction of sp³-hybridized carbons (Fsp3) is 0.304. The van der Waals surface area contributed by atoms with Crippen LogP contribution in [-0.4, -0.2) is 34.7 Å². The molecule has 0 radical (unpaired) electrons. The van der Waals surface area contributed by atoms with E-state index in [1.165, 1.54) is 0 Å². The number of fused-ring (bicyclic) bond motifs is 1. The smallest absolute Gasteiger partial charge is 0.407 e. The lowest BCUT2D eigenvalue weighted by molar-refractivity contribution is -0.138. The molecule has 0 aliphatic heterocycles. The lowest BCUT2D eigenvalue weighted by atomic mass is 10.1. The zero-order chi connectivity index (χ0) is 22.9. The molecule has 0 spiro atoms. The van der Waals surface area contributed by atoms with E-state index in [9.17, 15) is 19.5 Å². The maximum absolute atomic E-state index is 12.2. The number of carboxylic acid groups (broad SMARTS) is 1. The van der Waals surface area contributed by atoms with E-state index < -0.39 is 23.7 Å². The molecule has 1 atom stereocenters. The van der Waals surface area contributed by atoms with Gasteiger partial charge in [-0.1, -0.05) is 42.5 Å². The normalized spacial score (nSPS) is 11.7. The Kier molecular flexibility index (Phi) is 7.80. The Morgan fingerprint density at radius 3 is 2.66 bits per heavy atom. The number of alkyl carbamates (subject to hydrolysis) is 1.